The SMILES string of the molecule is CCN(CC)c1ccc(C(=C2C=CC(=[N+](CC)CC)C=C2)c2ccc(S(=O)(=O)NCCOCCOCCOCCOc3c(OCCOCCOCCOCCOC)cc(CP(=O)(O)O)cc3OCCOCCOCCOCCOC)cc2S(=O)(=O)[O-])cc1. The van der Waals surface area contributed by atoms with E-state index < -0.39 is 43.7 Å². The van der Waals surface area contributed by atoms with Crippen LogP contribution in [-0.2, 0) is 83.0 Å². The molecule has 0 fully saturated rings. The molecule has 496 valence electrons. The van der Waals surface area contributed by atoms with Gasteiger partial charge in [0.15, 0.2) is 17.2 Å². The van der Waals surface area contributed by atoms with E-state index in [0.29, 0.717) is 82.8 Å². The number of nitrogens with one attached hydrogen (secondary N) is 1. The van der Waals surface area contributed by atoms with Crippen LogP contribution in [0.2, 0.25) is 0 Å². The first-order valence-corrected chi connectivity index (χ1v) is 34.1. The van der Waals surface area contributed by atoms with Gasteiger partial charge in [0.05, 0.1) is 148 Å². The summed E-state index contributed by atoms with van der Waals surface area (Å²) in [6.45, 7) is 17.1. The Kier molecular flexibility index (Phi) is 37.1. The van der Waals surface area contributed by atoms with Gasteiger partial charge in [-0.1, -0.05) is 18.2 Å². The molecule has 0 aliphatic heterocycles. The molecule has 3 aromatic carbocycles. The maximum absolute atomic E-state index is 13.6. The molecular formula is C60H92N3O22PS2. The summed E-state index contributed by atoms with van der Waals surface area (Å²) in [6.07, 6.45) is 7.01. The predicted molar refractivity (Wildman–Crippen MR) is 330 cm³/mol. The molecule has 28 heteroatoms. The average molecular weight is 1300 g/mol. The highest BCUT2D eigenvalue weighted by molar-refractivity contribution is 7.89. The molecular weight excluding hydrogens is 1210 g/mol. The Morgan fingerprint density at radius 3 is 1.38 bits per heavy atom. The van der Waals surface area contributed by atoms with Crippen molar-refractivity contribution >= 4 is 44.7 Å². The lowest BCUT2D eigenvalue weighted by Gasteiger charge is -2.23. The number of hydrogen-bond donors (Lipinski definition) is 3. The van der Waals surface area contributed by atoms with E-state index in [1.165, 1.54) is 24.3 Å². The van der Waals surface area contributed by atoms with Crippen molar-refractivity contribution in [1.29, 1.82) is 0 Å². The predicted octanol–water partition coefficient (Wildman–Crippen LogP) is 5.09. The van der Waals surface area contributed by atoms with Crippen molar-refractivity contribution in [3.05, 3.63) is 101 Å². The van der Waals surface area contributed by atoms with Crippen LogP contribution in [0.4, 0.5) is 5.69 Å². The smallest absolute Gasteiger partial charge is 0.329 e. The van der Waals surface area contributed by atoms with Crippen LogP contribution in [-0.4, -0.2) is 240 Å². The molecule has 1 aliphatic carbocycles. The zero-order chi connectivity index (χ0) is 63.9. The molecule has 0 saturated carbocycles. The maximum Gasteiger partial charge on any atom is 0.329 e. The maximum atomic E-state index is 13.6. The van der Waals surface area contributed by atoms with E-state index in [1.54, 1.807) is 14.2 Å². The molecule has 88 heavy (non-hydrogen) atoms. The van der Waals surface area contributed by atoms with Crippen molar-refractivity contribution in [3.63, 3.8) is 0 Å². The van der Waals surface area contributed by atoms with Crippen molar-refractivity contribution in [2.45, 2.75) is 43.6 Å². The fourth-order valence-corrected chi connectivity index (χ4v) is 11.1. The highest BCUT2D eigenvalue weighted by Gasteiger charge is 2.25. The zero-order valence-electron chi connectivity index (χ0n) is 51.7. The number of sulfonamides is 1. The van der Waals surface area contributed by atoms with Gasteiger partial charge in [0.25, 0.3) is 0 Å². The van der Waals surface area contributed by atoms with E-state index in [0.717, 1.165) is 43.6 Å². The molecule has 0 aromatic heterocycles. The highest BCUT2D eigenvalue weighted by atomic mass is 32.2. The number of allylic oxidation sites excluding steroid dienone is 5. The molecule has 25 nitrogen and oxygen atoms in total. The lowest BCUT2D eigenvalue weighted by atomic mass is 9.90. The van der Waals surface area contributed by atoms with E-state index >= 15 is 0 Å². The van der Waals surface area contributed by atoms with Gasteiger partial charge in [-0.2, -0.15) is 0 Å². The monoisotopic (exact) mass is 1300 g/mol. The van der Waals surface area contributed by atoms with Gasteiger partial charge in [-0.25, -0.2) is 26.1 Å². The van der Waals surface area contributed by atoms with Crippen molar-refractivity contribution in [1.82, 2.24) is 4.72 Å². The summed E-state index contributed by atoms with van der Waals surface area (Å²) in [5.41, 5.74) is 3.97. The van der Waals surface area contributed by atoms with Gasteiger partial charge in [-0.15, -0.1) is 0 Å². The van der Waals surface area contributed by atoms with Gasteiger partial charge in [0, 0.05) is 57.3 Å². The summed E-state index contributed by atoms with van der Waals surface area (Å²) in [5.74, 6) is 0.495. The minimum Gasteiger partial charge on any atom is -0.744 e. The molecule has 0 spiro atoms. The Balaban J connectivity index is 1.29. The molecule has 0 bridgehead atoms. The second-order valence-electron chi connectivity index (χ2n) is 19.1. The van der Waals surface area contributed by atoms with E-state index in [9.17, 15) is 35.7 Å². The number of rotatable bonds is 51. The third-order valence-electron chi connectivity index (χ3n) is 12.9. The number of hydrogen-bond acceptors (Lipinski definition) is 21. The number of methoxy groups -OCH3 is 2. The molecule has 3 aromatic rings. The van der Waals surface area contributed by atoms with Crippen LogP contribution in [0.5, 0.6) is 17.2 Å². The molecule has 4 rings (SSSR count). The summed E-state index contributed by atoms with van der Waals surface area (Å²) in [6, 6.07) is 14.1. The summed E-state index contributed by atoms with van der Waals surface area (Å²) in [7, 11) is -10.8. The van der Waals surface area contributed by atoms with Crippen molar-refractivity contribution in [2.75, 3.05) is 204 Å². The van der Waals surface area contributed by atoms with Crippen LogP contribution in [0.25, 0.3) is 5.57 Å². The van der Waals surface area contributed by atoms with Crippen molar-refractivity contribution < 1.29 is 107 Å². The zero-order valence-corrected chi connectivity index (χ0v) is 54.3. The summed E-state index contributed by atoms with van der Waals surface area (Å²) >= 11 is 0. The Bertz CT molecular complexity index is 2810. The Morgan fingerprint density at radius 2 is 0.966 bits per heavy atom. The molecule has 0 radical (unpaired) electrons. The molecule has 0 unspecified atom stereocenters. The molecule has 0 amide bonds. The quantitative estimate of drug-likeness (QED) is 0.0287. The first kappa shape index (κ1) is 75.7. The first-order chi connectivity index (χ1) is 42.5. The molecule has 3 N–H and O–H groups in total. The Morgan fingerprint density at radius 1 is 0.545 bits per heavy atom. The van der Waals surface area contributed by atoms with Gasteiger partial charge in [-0.3, -0.25) is 4.57 Å². The van der Waals surface area contributed by atoms with E-state index in [-0.39, 0.29) is 121 Å². The van der Waals surface area contributed by atoms with Crippen LogP contribution >= 0.6 is 7.60 Å². The second kappa shape index (κ2) is 43.1. The largest absolute Gasteiger partial charge is 0.744 e. The third-order valence-corrected chi connectivity index (χ3v) is 16.0. The Labute approximate surface area is 519 Å². The lowest BCUT2D eigenvalue weighted by molar-refractivity contribution is -0.519. The topological polar surface area (TPSA) is 296 Å². The van der Waals surface area contributed by atoms with Gasteiger partial charge in [-0.05, 0) is 98.5 Å². The Hall–Kier alpha value is -4.72. The first-order valence-electron chi connectivity index (χ1n) is 29.4. The van der Waals surface area contributed by atoms with E-state index in [4.69, 9.17) is 66.3 Å². The summed E-state index contributed by atoms with van der Waals surface area (Å²) in [4.78, 5) is 20.8. The summed E-state index contributed by atoms with van der Waals surface area (Å²) in [5, 5.41) is 0. The molecule has 0 heterocycles. The van der Waals surface area contributed by atoms with Crippen molar-refractivity contribution in [3.8, 4) is 17.2 Å². The average Bonchev–Trinajstić information content (AvgIpc) is 1.59. The van der Waals surface area contributed by atoms with Gasteiger partial charge < -0.3 is 85.6 Å². The molecule has 0 saturated heterocycles. The van der Waals surface area contributed by atoms with Gasteiger partial charge in [0.1, 0.15) is 43.0 Å². The number of ether oxygens (including phenoxy) is 14. The fraction of sp³-hybridized carbons (Fsp3) is 0.583. The minimum absolute atomic E-state index is 0.0187. The molecule has 1 aliphatic rings. The molecule has 0 atom stereocenters. The lowest BCUT2D eigenvalue weighted by Crippen LogP contribution is -2.28. The van der Waals surface area contributed by atoms with E-state index in [1.807, 2.05) is 48.6 Å². The minimum atomic E-state index is -5.21. The van der Waals surface area contributed by atoms with Crippen LogP contribution in [0.15, 0.2) is 94.3 Å². The normalized spacial score (nSPS) is 12.7. The van der Waals surface area contributed by atoms with Crippen LogP contribution < -0.4 is 23.8 Å². The van der Waals surface area contributed by atoms with Gasteiger partial charge >= 0.3 is 7.60 Å². The van der Waals surface area contributed by atoms with Crippen molar-refractivity contribution in [2.24, 2.45) is 0 Å². The van der Waals surface area contributed by atoms with Crippen LogP contribution in [0, 0.1) is 0 Å². The summed E-state index contributed by atoms with van der Waals surface area (Å²) < 4.78 is 161. The highest BCUT2D eigenvalue weighted by Crippen LogP contribution is 2.45. The number of anilines is 1. The standard InChI is InChI=1S/C60H92N3O22PS2/c1-7-62(8-2)52-15-11-50(12-16-52)59(51-13-17-53(18-14-51)63(9-3)10-4)55-20-19-54(47-58(55)88(69,70)71)87(67,68)61-21-22-74-27-28-77-35-38-82-41-44-85-60-56(83-42-39-80-36-33-78-31-29-75-25-23-72-5)45-49(48-86(64,65)66)46-57(60)84-43-40-81-37-34-79-32-30-76-26-24-73-6/h11-20,45-47,61H,7-10,21-44,48H2,1-6H3,(H2-,64,65,66,69,70,71). The van der Waals surface area contributed by atoms with Crippen LogP contribution in [0.1, 0.15) is 44.4 Å². The number of benzene rings is 3. The fourth-order valence-electron chi connectivity index (χ4n) is 8.60. The second-order valence-corrected chi connectivity index (χ2v) is 23.9. The number of nitrogens with zero attached hydrogens (tertiary/aromatic N) is 2. The van der Waals surface area contributed by atoms with E-state index in [2.05, 4.69) is 41.9 Å². The van der Waals surface area contributed by atoms with Gasteiger partial charge in [0.2, 0.25) is 15.8 Å². The third kappa shape index (κ3) is 29.1. The van der Waals surface area contributed by atoms with Crippen LogP contribution in [0.3, 0.4) is 0 Å².